The number of methoxy groups -OCH3 is 1. The molecule has 3 rings (SSSR count). The minimum absolute atomic E-state index is 0.226. The molecule has 1 heterocycles. The van der Waals surface area contributed by atoms with Gasteiger partial charge in [0, 0.05) is 25.6 Å². The van der Waals surface area contributed by atoms with E-state index in [1.807, 2.05) is 12.1 Å². The Morgan fingerprint density at radius 2 is 1.86 bits per heavy atom. The molecule has 0 bridgehead atoms. The summed E-state index contributed by atoms with van der Waals surface area (Å²) in [5, 5.41) is 3.56. The van der Waals surface area contributed by atoms with Gasteiger partial charge in [0.25, 0.3) is 0 Å². The fourth-order valence-corrected chi connectivity index (χ4v) is 3.00. The fraction of sp³-hybridized carbons (Fsp3) is 0.368. The van der Waals surface area contributed by atoms with E-state index in [4.69, 9.17) is 9.47 Å². The average Bonchev–Trinajstić information content (AvgIpc) is 3.05. The number of nitrogens with one attached hydrogen (secondary N) is 1. The van der Waals surface area contributed by atoms with Gasteiger partial charge in [-0.15, -0.1) is 0 Å². The highest BCUT2D eigenvalue weighted by Crippen LogP contribution is 2.33. The van der Waals surface area contributed by atoms with E-state index in [1.165, 1.54) is 11.1 Å². The SMILES string of the molecule is COc1ccc(CNC[C@H]2CCO[C@@H]2c2ccccc2)cc1. The molecule has 0 unspecified atom stereocenters. The second-order valence-corrected chi connectivity index (χ2v) is 5.73. The van der Waals surface area contributed by atoms with E-state index in [9.17, 15) is 0 Å². The largest absolute Gasteiger partial charge is 0.497 e. The number of hydrogen-bond donors (Lipinski definition) is 1. The van der Waals surface area contributed by atoms with Crippen molar-refractivity contribution in [1.82, 2.24) is 5.32 Å². The van der Waals surface area contributed by atoms with E-state index < -0.39 is 0 Å². The summed E-state index contributed by atoms with van der Waals surface area (Å²) >= 11 is 0. The lowest BCUT2D eigenvalue weighted by atomic mass is 9.95. The number of benzene rings is 2. The lowest BCUT2D eigenvalue weighted by Crippen LogP contribution is -2.24. The van der Waals surface area contributed by atoms with Crippen LogP contribution in [0.4, 0.5) is 0 Å². The molecule has 0 radical (unpaired) electrons. The second kappa shape index (κ2) is 7.43. The first kappa shape index (κ1) is 15.1. The summed E-state index contributed by atoms with van der Waals surface area (Å²) in [6, 6.07) is 18.7. The van der Waals surface area contributed by atoms with Crippen molar-refractivity contribution in [3.8, 4) is 5.75 Å². The highest BCUT2D eigenvalue weighted by molar-refractivity contribution is 5.27. The molecular formula is C19H23NO2. The van der Waals surface area contributed by atoms with Crippen molar-refractivity contribution in [2.75, 3.05) is 20.3 Å². The van der Waals surface area contributed by atoms with Gasteiger partial charge in [0.2, 0.25) is 0 Å². The molecule has 1 aliphatic heterocycles. The first-order valence-corrected chi connectivity index (χ1v) is 7.87. The van der Waals surface area contributed by atoms with Crippen LogP contribution in [0.25, 0.3) is 0 Å². The Hall–Kier alpha value is -1.84. The topological polar surface area (TPSA) is 30.5 Å². The van der Waals surface area contributed by atoms with E-state index in [0.717, 1.165) is 31.9 Å². The Kier molecular flexibility index (Phi) is 5.09. The first-order valence-electron chi connectivity index (χ1n) is 7.87. The zero-order valence-corrected chi connectivity index (χ0v) is 13.0. The van der Waals surface area contributed by atoms with E-state index in [2.05, 4.69) is 47.8 Å². The molecule has 1 aliphatic rings. The molecule has 0 aromatic heterocycles. The van der Waals surface area contributed by atoms with Crippen molar-refractivity contribution in [2.45, 2.75) is 19.1 Å². The van der Waals surface area contributed by atoms with Gasteiger partial charge in [0.05, 0.1) is 13.2 Å². The van der Waals surface area contributed by atoms with Gasteiger partial charge in [-0.05, 0) is 29.7 Å². The molecule has 1 saturated heterocycles. The summed E-state index contributed by atoms with van der Waals surface area (Å²) in [6.07, 6.45) is 1.35. The molecular weight excluding hydrogens is 274 g/mol. The summed E-state index contributed by atoms with van der Waals surface area (Å²) in [5.74, 6) is 1.44. The molecule has 1 fully saturated rings. The minimum Gasteiger partial charge on any atom is -0.497 e. The van der Waals surface area contributed by atoms with Crippen molar-refractivity contribution in [1.29, 1.82) is 0 Å². The Morgan fingerprint density at radius 3 is 2.59 bits per heavy atom. The Bertz CT molecular complexity index is 568. The number of hydrogen-bond acceptors (Lipinski definition) is 3. The molecule has 116 valence electrons. The van der Waals surface area contributed by atoms with Crippen LogP contribution in [0, 0.1) is 5.92 Å². The molecule has 22 heavy (non-hydrogen) atoms. The molecule has 3 heteroatoms. The van der Waals surface area contributed by atoms with Crippen LogP contribution in [-0.4, -0.2) is 20.3 Å². The van der Waals surface area contributed by atoms with Crippen LogP contribution < -0.4 is 10.1 Å². The quantitative estimate of drug-likeness (QED) is 0.884. The third-order valence-corrected chi connectivity index (χ3v) is 4.24. The Labute approximate surface area is 132 Å². The number of ether oxygens (including phenoxy) is 2. The molecule has 2 aromatic carbocycles. The summed E-state index contributed by atoms with van der Waals surface area (Å²) in [4.78, 5) is 0. The zero-order valence-electron chi connectivity index (χ0n) is 13.0. The monoisotopic (exact) mass is 297 g/mol. The molecule has 0 spiro atoms. The Morgan fingerprint density at radius 1 is 1.09 bits per heavy atom. The normalized spacial score (nSPS) is 21.0. The maximum atomic E-state index is 5.93. The molecule has 0 saturated carbocycles. The smallest absolute Gasteiger partial charge is 0.118 e. The van der Waals surface area contributed by atoms with Crippen molar-refractivity contribution in [3.63, 3.8) is 0 Å². The third-order valence-electron chi connectivity index (χ3n) is 4.24. The summed E-state index contributed by atoms with van der Waals surface area (Å²) < 4.78 is 11.1. The maximum Gasteiger partial charge on any atom is 0.118 e. The Balaban J connectivity index is 1.52. The van der Waals surface area contributed by atoms with Gasteiger partial charge in [-0.2, -0.15) is 0 Å². The molecule has 3 nitrogen and oxygen atoms in total. The molecule has 0 amide bonds. The lowest BCUT2D eigenvalue weighted by Gasteiger charge is -2.19. The van der Waals surface area contributed by atoms with Crippen LogP contribution >= 0.6 is 0 Å². The van der Waals surface area contributed by atoms with Crippen LogP contribution in [-0.2, 0) is 11.3 Å². The van der Waals surface area contributed by atoms with Crippen molar-refractivity contribution in [3.05, 3.63) is 65.7 Å². The fourth-order valence-electron chi connectivity index (χ4n) is 3.00. The van der Waals surface area contributed by atoms with Crippen molar-refractivity contribution < 1.29 is 9.47 Å². The van der Waals surface area contributed by atoms with Gasteiger partial charge in [0.15, 0.2) is 0 Å². The number of rotatable bonds is 6. The lowest BCUT2D eigenvalue weighted by molar-refractivity contribution is 0.0904. The second-order valence-electron chi connectivity index (χ2n) is 5.73. The van der Waals surface area contributed by atoms with Crippen molar-refractivity contribution in [2.24, 2.45) is 5.92 Å². The standard InChI is InChI=1S/C19H23NO2/c1-21-18-9-7-15(8-10-18)13-20-14-17-11-12-22-19(17)16-5-3-2-4-6-16/h2-10,17,19-20H,11-14H2,1H3/t17-,19-/m1/s1. The van der Waals surface area contributed by atoms with Gasteiger partial charge < -0.3 is 14.8 Å². The van der Waals surface area contributed by atoms with Gasteiger partial charge in [0.1, 0.15) is 5.75 Å². The van der Waals surface area contributed by atoms with Crippen LogP contribution in [0.2, 0.25) is 0 Å². The van der Waals surface area contributed by atoms with E-state index >= 15 is 0 Å². The predicted octanol–water partition coefficient (Wildman–Crippen LogP) is 3.56. The summed E-state index contributed by atoms with van der Waals surface area (Å²) in [7, 11) is 1.69. The van der Waals surface area contributed by atoms with Crippen LogP contribution in [0.3, 0.4) is 0 Å². The van der Waals surface area contributed by atoms with Gasteiger partial charge in [-0.1, -0.05) is 42.5 Å². The zero-order chi connectivity index (χ0) is 15.2. The van der Waals surface area contributed by atoms with E-state index in [-0.39, 0.29) is 6.10 Å². The van der Waals surface area contributed by atoms with Crippen LogP contribution in [0.1, 0.15) is 23.7 Å². The highest BCUT2D eigenvalue weighted by Gasteiger charge is 2.28. The minimum atomic E-state index is 0.226. The maximum absolute atomic E-state index is 5.93. The van der Waals surface area contributed by atoms with Gasteiger partial charge in [-0.3, -0.25) is 0 Å². The van der Waals surface area contributed by atoms with Crippen LogP contribution in [0.5, 0.6) is 5.75 Å². The third kappa shape index (κ3) is 3.67. The molecule has 0 aliphatic carbocycles. The summed E-state index contributed by atoms with van der Waals surface area (Å²) in [5.41, 5.74) is 2.56. The molecule has 2 atom stereocenters. The average molecular weight is 297 g/mol. The molecule has 2 aromatic rings. The molecule has 1 N–H and O–H groups in total. The predicted molar refractivity (Wildman–Crippen MR) is 87.9 cm³/mol. The van der Waals surface area contributed by atoms with E-state index in [0.29, 0.717) is 5.92 Å². The van der Waals surface area contributed by atoms with Gasteiger partial charge >= 0.3 is 0 Å². The van der Waals surface area contributed by atoms with E-state index in [1.54, 1.807) is 7.11 Å². The van der Waals surface area contributed by atoms with Crippen LogP contribution in [0.15, 0.2) is 54.6 Å². The highest BCUT2D eigenvalue weighted by atomic mass is 16.5. The van der Waals surface area contributed by atoms with Crippen molar-refractivity contribution >= 4 is 0 Å². The summed E-state index contributed by atoms with van der Waals surface area (Å²) in [6.45, 7) is 2.71. The first-order chi connectivity index (χ1) is 10.9. The van der Waals surface area contributed by atoms with Gasteiger partial charge in [-0.25, -0.2) is 0 Å².